The van der Waals surface area contributed by atoms with E-state index in [1.165, 1.54) is 35.6 Å². The van der Waals surface area contributed by atoms with Crippen LogP contribution < -0.4 is 4.74 Å². The minimum Gasteiger partial charge on any atom is -0.406 e. The van der Waals surface area contributed by atoms with E-state index in [1.54, 1.807) is 16.7 Å². The summed E-state index contributed by atoms with van der Waals surface area (Å²) in [5.74, 6) is -0.470. The van der Waals surface area contributed by atoms with Crippen molar-refractivity contribution in [3.63, 3.8) is 0 Å². The Morgan fingerprint density at radius 1 is 1.19 bits per heavy atom. The van der Waals surface area contributed by atoms with Crippen LogP contribution in [-0.2, 0) is 4.79 Å². The molecule has 0 atom stereocenters. The van der Waals surface area contributed by atoms with Gasteiger partial charge in [0.2, 0.25) is 6.41 Å². The molecule has 1 saturated heterocycles. The molecule has 1 aromatic carbocycles. The van der Waals surface area contributed by atoms with Crippen LogP contribution >= 0.6 is 11.3 Å². The van der Waals surface area contributed by atoms with Crippen LogP contribution in [-0.4, -0.2) is 59.6 Å². The highest BCUT2D eigenvalue weighted by molar-refractivity contribution is 7.17. The summed E-state index contributed by atoms with van der Waals surface area (Å²) < 4.78 is 40.6. The molecule has 1 aromatic heterocycles. The summed E-state index contributed by atoms with van der Waals surface area (Å²) in [6.07, 6.45) is -3.98. The van der Waals surface area contributed by atoms with Crippen molar-refractivity contribution in [3.8, 4) is 16.3 Å². The molecule has 144 valence electrons. The Balaban J connectivity index is 1.74. The summed E-state index contributed by atoms with van der Waals surface area (Å²) >= 11 is 1.19. The van der Waals surface area contributed by atoms with Crippen molar-refractivity contribution in [2.24, 2.45) is 0 Å². The molecule has 2 aromatic rings. The summed E-state index contributed by atoms with van der Waals surface area (Å²) in [5.41, 5.74) is 1.16. The van der Waals surface area contributed by atoms with Crippen LogP contribution in [0.25, 0.3) is 10.6 Å². The molecule has 0 bridgehead atoms. The van der Waals surface area contributed by atoms with E-state index in [0.717, 1.165) is 6.41 Å². The van der Waals surface area contributed by atoms with Gasteiger partial charge in [-0.1, -0.05) is 0 Å². The Hall–Kier alpha value is -2.62. The van der Waals surface area contributed by atoms with Gasteiger partial charge in [0, 0.05) is 31.7 Å². The first-order chi connectivity index (χ1) is 12.8. The number of benzene rings is 1. The number of halogens is 3. The van der Waals surface area contributed by atoms with Crippen LogP contribution in [0, 0.1) is 6.92 Å². The Kier molecular flexibility index (Phi) is 5.36. The van der Waals surface area contributed by atoms with E-state index in [-0.39, 0.29) is 11.7 Å². The van der Waals surface area contributed by atoms with Crippen molar-refractivity contribution in [2.75, 3.05) is 26.2 Å². The van der Waals surface area contributed by atoms with Gasteiger partial charge in [-0.3, -0.25) is 9.59 Å². The molecule has 2 amide bonds. The lowest BCUT2D eigenvalue weighted by Crippen LogP contribution is -2.48. The minimum absolute atomic E-state index is 0.154. The van der Waals surface area contributed by atoms with Crippen molar-refractivity contribution in [3.05, 3.63) is 34.8 Å². The largest absolute Gasteiger partial charge is 0.573 e. The highest BCUT2D eigenvalue weighted by atomic mass is 32.1. The highest BCUT2D eigenvalue weighted by Gasteiger charge is 2.31. The third-order valence-electron chi connectivity index (χ3n) is 4.08. The number of alkyl halides is 3. The summed E-state index contributed by atoms with van der Waals surface area (Å²) in [7, 11) is 0. The lowest BCUT2D eigenvalue weighted by atomic mass is 10.2. The molecule has 2 heterocycles. The number of piperazine rings is 1. The fourth-order valence-electron chi connectivity index (χ4n) is 2.69. The predicted molar refractivity (Wildman–Crippen MR) is 92.5 cm³/mol. The topological polar surface area (TPSA) is 62.7 Å². The van der Waals surface area contributed by atoms with Gasteiger partial charge in [0.25, 0.3) is 5.91 Å². The third kappa shape index (κ3) is 4.57. The van der Waals surface area contributed by atoms with Gasteiger partial charge in [-0.05, 0) is 31.2 Å². The average Bonchev–Trinajstić information content (AvgIpc) is 3.02. The quantitative estimate of drug-likeness (QED) is 0.742. The highest BCUT2D eigenvalue weighted by Crippen LogP contribution is 2.31. The third-order valence-corrected chi connectivity index (χ3v) is 5.27. The van der Waals surface area contributed by atoms with Gasteiger partial charge in [-0.15, -0.1) is 24.5 Å². The van der Waals surface area contributed by atoms with Crippen molar-refractivity contribution < 1.29 is 27.5 Å². The van der Waals surface area contributed by atoms with Crippen LogP contribution in [0.4, 0.5) is 13.2 Å². The monoisotopic (exact) mass is 399 g/mol. The zero-order valence-electron chi connectivity index (χ0n) is 14.3. The number of hydrogen-bond donors (Lipinski definition) is 0. The number of amides is 2. The molecule has 1 aliphatic heterocycles. The van der Waals surface area contributed by atoms with Crippen molar-refractivity contribution >= 4 is 23.7 Å². The van der Waals surface area contributed by atoms with Crippen LogP contribution in [0.5, 0.6) is 5.75 Å². The number of carbonyl (C=O) groups is 2. The van der Waals surface area contributed by atoms with Gasteiger partial charge in [0.1, 0.15) is 15.6 Å². The van der Waals surface area contributed by atoms with Crippen LogP contribution in [0.1, 0.15) is 15.4 Å². The molecule has 0 aliphatic carbocycles. The first-order valence-electron chi connectivity index (χ1n) is 8.09. The number of ether oxygens (including phenoxy) is 1. The standard InChI is InChI=1S/C17H16F3N3O3S/c1-11-14(16(25)23-8-6-22(10-24)7-9-23)27-15(21-11)12-2-4-13(5-3-12)26-17(18,19)20/h2-5,10H,6-9H2,1H3. The number of hydrogen-bond acceptors (Lipinski definition) is 5. The molecular weight excluding hydrogens is 383 g/mol. The maximum Gasteiger partial charge on any atom is 0.573 e. The lowest BCUT2D eigenvalue weighted by molar-refractivity contribution is -0.274. The van der Waals surface area contributed by atoms with Gasteiger partial charge < -0.3 is 14.5 Å². The minimum atomic E-state index is -4.74. The molecule has 10 heteroatoms. The zero-order chi connectivity index (χ0) is 19.6. The molecule has 0 radical (unpaired) electrons. The van der Waals surface area contributed by atoms with Crippen molar-refractivity contribution in [1.82, 2.24) is 14.8 Å². The normalized spacial score (nSPS) is 15.0. The van der Waals surface area contributed by atoms with E-state index < -0.39 is 6.36 Å². The second-order valence-electron chi connectivity index (χ2n) is 5.94. The first-order valence-corrected chi connectivity index (χ1v) is 8.91. The van der Waals surface area contributed by atoms with E-state index in [4.69, 9.17) is 0 Å². The van der Waals surface area contributed by atoms with Crippen molar-refractivity contribution in [1.29, 1.82) is 0 Å². The zero-order valence-corrected chi connectivity index (χ0v) is 15.1. The maximum absolute atomic E-state index is 12.7. The van der Waals surface area contributed by atoms with E-state index in [0.29, 0.717) is 47.3 Å². The molecule has 0 N–H and O–H groups in total. The maximum atomic E-state index is 12.7. The number of nitrogens with zero attached hydrogens (tertiary/aromatic N) is 3. The number of aryl methyl sites for hydroxylation is 1. The van der Waals surface area contributed by atoms with Crippen molar-refractivity contribution in [2.45, 2.75) is 13.3 Å². The molecule has 0 unspecified atom stereocenters. The summed E-state index contributed by atoms with van der Waals surface area (Å²) in [6.45, 7) is 3.60. The predicted octanol–water partition coefficient (Wildman–Crippen LogP) is 2.93. The fourth-order valence-corrected chi connectivity index (χ4v) is 3.73. The van der Waals surface area contributed by atoms with E-state index in [2.05, 4.69) is 9.72 Å². The van der Waals surface area contributed by atoms with Crippen LogP contribution in [0.3, 0.4) is 0 Å². The van der Waals surface area contributed by atoms with E-state index in [1.807, 2.05) is 0 Å². The van der Waals surface area contributed by atoms with Gasteiger partial charge in [-0.2, -0.15) is 0 Å². The fraction of sp³-hybridized carbons (Fsp3) is 0.353. The molecular formula is C17H16F3N3O3S. The smallest absolute Gasteiger partial charge is 0.406 e. The Morgan fingerprint density at radius 2 is 1.81 bits per heavy atom. The summed E-state index contributed by atoms with van der Waals surface area (Å²) in [6, 6.07) is 5.35. The summed E-state index contributed by atoms with van der Waals surface area (Å²) in [4.78, 5) is 31.6. The Labute approximate surface area is 157 Å². The molecule has 3 rings (SSSR count). The number of rotatable bonds is 4. The second-order valence-corrected chi connectivity index (χ2v) is 6.94. The molecule has 1 fully saturated rings. The Morgan fingerprint density at radius 3 is 2.37 bits per heavy atom. The SMILES string of the molecule is Cc1nc(-c2ccc(OC(F)(F)F)cc2)sc1C(=O)N1CCN(C=O)CC1. The van der Waals surface area contributed by atoms with Crippen LogP contribution in [0.15, 0.2) is 24.3 Å². The second kappa shape index (κ2) is 7.55. The summed E-state index contributed by atoms with van der Waals surface area (Å²) in [5, 5.41) is 0.543. The lowest BCUT2D eigenvalue weighted by Gasteiger charge is -2.32. The number of thiazole rings is 1. The van der Waals surface area contributed by atoms with Gasteiger partial charge >= 0.3 is 6.36 Å². The number of carbonyl (C=O) groups excluding carboxylic acids is 2. The molecule has 0 saturated carbocycles. The van der Waals surface area contributed by atoms with E-state index >= 15 is 0 Å². The average molecular weight is 399 g/mol. The molecule has 27 heavy (non-hydrogen) atoms. The van der Waals surface area contributed by atoms with Gasteiger partial charge in [0.15, 0.2) is 0 Å². The number of aromatic nitrogens is 1. The molecule has 0 spiro atoms. The molecule has 1 aliphatic rings. The Bertz CT molecular complexity index is 828. The first kappa shape index (κ1) is 19.2. The van der Waals surface area contributed by atoms with Crippen LogP contribution in [0.2, 0.25) is 0 Å². The van der Waals surface area contributed by atoms with Gasteiger partial charge in [0.05, 0.1) is 5.69 Å². The van der Waals surface area contributed by atoms with E-state index in [9.17, 15) is 22.8 Å². The molecule has 6 nitrogen and oxygen atoms in total. The van der Waals surface area contributed by atoms with Gasteiger partial charge in [-0.25, -0.2) is 4.98 Å².